The van der Waals surface area contributed by atoms with Crippen LogP contribution in [0.1, 0.15) is 13.3 Å². The van der Waals surface area contributed by atoms with Gasteiger partial charge in [0.2, 0.25) is 0 Å². The molecule has 0 saturated heterocycles. The Balaban J connectivity index is 1.90. The van der Waals surface area contributed by atoms with Gasteiger partial charge in [-0.25, -0.2) is 4.79 Å². The first-order chi connectivity index (χ1) is 9.79. The van der Waals surface area contributed by atoms with Gasteiger partial charge in [-0.1, -0.05) is 49.4 Å². The highest BCUT2D eigenvalue weighted by atomic mass is 16.6. The number of rotatable bonds is 6. The molecule has 0 atom stereocenters. The van der Waals surface area contributed by atoms with Crippen LogP contribution in [0, 0.1) is 0 Å². The number of esters is 1. The molecule has 2 rings (SSSR count). The highest BCUT2D eigenvalue weighted by Gasteiger charge is 2.04. The molecular formula is C17H18O3. The Kier molecular flexibility index (Phi) is 5.18. The molecule has 0 amide bonds. The van der Waals surface area contributed by atoms with Gasteiger partial charge in [0.15, 0.2) is 6.61 Å². The van der Waals surface area contributed by atoms with Crippen molar-refractivity contribution in [2.45, 2.75) is 13.3 Å². The number of carbonyl (C=O) groups excluding carboxylic acids is 1. The van der Waals surface area contributed by atoms with Gasteiger partial charge in [0, 0.05) is 0 Å². The molecule has 0 unspecified atom stereocenters. The van der Waals surface area contributed by atoms with Gasteiger partial charge < -0.3 is 9.47 Å². The van der Waals surface area contributed by atoms with E-state index in [-0.39, 0.29) is 12.6 Å². The van der Waals surface area contributed by atoms with E-state index in [9.17, 15) is 4.79 Å². The van der Waals surface area contributed by atoms with Gasteiger partial charge in [-0.3, -0.25) is 0 Å². The van der Waals surface area contributed by atoms with E-state index in [1.54, 1.807) is 0 Å². The first-order valence-corrected chi connectivity index (χ1v) is 6.73. The standard InChI is InChI=1S/C17H18O3/c1-2-12-19-17(18)13-20-16-10-8-15(9-11-16)14-6-4-3-5-7-14/h3-11H,2,12-13H2,1H3. The van der Waals surface area contributed by atoms with Crippen LogP contribution < -0.4 is 4.74 Å². The van der Waals surface area contributed by atoms with E-state index in [1.165, 1.54) is 0 Å². The van der Waals surface area contributed by atoms with E-state index in [4.69, 9.17) is 9.47 Å². The Labute approximate surface area is 119 Å². The zero-order valence-electron chi connectivity index (χ0n) is 11.5. The maximum absolute atomic E-state index is 11.3. The van der Waals surface area contributed by atoms with Crippen molar-refractivity contribution < 1.29 is 14.3 Å². The number of benzene rings is 2. The van der Waals surface area contributed by atoms with Crippen molar-refractivity contribution in [3.05, 3.63) is 54.6 Å². The molecule has 0 aliphatic heterocycles. The molecular weight excluding hydrogens is 252 g/mol. The third-order valence-electron chi connectivity index (χ3n) is 2.79. The molecule has 3 nitrogen and oxygen atoms in total. The van der Waals surface area contributed by atoms with Gasteiger partial charge >= 0.3 is 5.97 Å². The van der Waals surface area contributed by atoms with E-state index < -0.39 is 0 Å². The molecule has 20 heavy (non-hydrogen) atoms. The van der Waals surface area contributed by atoms with E-state index in [0.29, 0.717) is 12.4 Å². The summed E-state index contributed by atoms with van der Waals surface area (Å²) in [5, 5.41) is 0. The van der Waals surface area contributed by atoms with Crippen LogP contribution in [0.15, 0.2) is 54.6 Å². The second kappa shape index (κ2) is 7.34. The molecule has 0 fully saturated rings. The lowest BCUT2D eigenvalue weighted by atomic mass is 10.1. The monoisotopic (exact) mass is 270 g/mol. The molecule has 0 bridgehead atoms. The topological polar surface area (TPSA) is 35.5 Å². The van der Waals surface area contributed by atoms with Crippen molar-refractivity contribution in [2.75, 3.05) is 13.2 Å². The number of ether oxygens (including phenoxy) is 2. The zero-order chi connectivity index (χ0) is 14.2. The Hall–Kier alpha value is -2.29. The minimum atomic E-state index is -0.334. The Morgan fingerprint density at radius 2 is 1.60 bits per heavy atom. The SMILES string of the molecule is CCCOC(=O)COc1ccc(-c2ccccc2)cc1. The third kappa shape index (κ3) is 4.12. The normalized spacial score (nSPS) is 10.1. The summed E-state index contributed by atoms with van der Waals surface area (Å²) >= 11 is 0. The summed E-state index contributed by atoms with van der Waals surface area (Å²) in [6.07, 6.45) is 0.817. The van der Waals surface area contributed by atoms with Crippen molar-refractivity contribution in [1.82, 2.24) is 0 Å². The molecule has 2 aromatic carbocycles. The van der Waals surface area contributed by atoms with E-state index in [1.807, 2.05) is 49.4 Å². The molecule has 0 aromatic heterocycles. The largest absolute Gasteiger partial charge is 0.482 e. The van der Waals surface area contributed by atoms with Gasteiger partial charge in [-0.15, -0.1) is 0 Å². The molecule has 2 aromatic rings. The molecule has 0 aliphatic rings. The van der Waals surface area contributed by atoms with Gasteiger partial charge in [0.25, 0.3) is 0 Å². The minimum absolute atomic E-state index is 0.0509. The second-order valence-electron chi connectivity index (χ2n) is 4.40. The summed E-state index contributed by atoms with van der Waals surface area (Å²) < 4.78 is 10.3. The maximum Gasteiger partial charge on any atom is 0.344 e. The van der Waals surface area contributed by atoms with Gasteiger partial charge in [0.05, 0.1) is 6.61 Å². The summed E-state index contributed by atoms with van der Waals surface area (Å²) in [5.41, 5.74) is 2.27. The van der Waals surface area contributed by atoms with Crippen LogP contribution in [-0.2, 0) is 9.53 Å². The molecule has 0 saturated carbocycles. The summed E-state index contributed by atoms with van der Waals surface area (Å²) in [5.74, 6) is 0.331. The number of hydrogen-bond donors (Lipinski definition) is 0. The predicted octanol–water partition coefficient (Wildman–Crippen LogP) is 3.69. The van der Waals surface area contributed by atoms with Gasteiger partial charge in [0.1, 0.15) is 5.75 Å². The fourth-order valence-corrected chi connectivity index (χ4v) is 1.77. The van der Waals surface area contributed by atoms with E-state index >= 15 is 0 Å². The fourth-order valence-electron chi connectivity index (χ4n) is 1.77. The van der Waals surface area contributed by atoms with Crippen LogP contribution in [0.25, 0.3) is 11.1 Å². The Morgan fingerprint density at radius 1 is 0.950 bits per heavy atom. The fraction of sp³-hybridized carbons (Fsp3) is 0.235. The van der Waals surface area contributed by atoms with E-state index in [0.717, 1.165) is 17.5 Å². The van der Waals surface area contributed by atoms with Crippen molar-refractivity contribution in [3.8, 4) is 16.9 Å². The van der Waals surface area contributed by atoms with Crippen LogP contribution in [0.3, 0.4) is 0 Å². The minimum Gasteiger partial charge on any atom is -0.482 e. The van der Waals surface area contributed by atoms with Crippen LogP contribution in [-0.4, -0.2) is 19.2 Å². The summed E-state index contributed by atoms with van der Waals surface area (Å²) in [6, 6.07) is 17.8. The third-order valence-corrected chi connectivity index (χ3v) is 2.79. The lowest BCUT2D eigenvalue weighted by Gasteiger charge is -2.07. The summed E-state index contributed by atoms with van der Waals surface area (Å²) in [6.45, 7) is 2.34. The molecule has 0 radical (unpaired) electrons. The maximum atomic E-state index is 11.3. The van der Waals surface area contributed by atoms with Gasteiger partial charge in [-0.05, 0) is 29.7 Å². The smallest absolute Gasteiger partial charge is 0.344 e. The first kappa shape index (κ1) is 14.1. The Morgan fingerprint density at radius 3 is 2.25 bits per heavy atom. The van der Waals surface area contributed by atoms with Crippen molar-refractivity contribution >= 4 is 5.97 Å². The van der Waals surface area contributed by atoms with Gasteiger partial charge in [-0.2, -0.15) is 0 Å². The zero-order valence-corrected chi connectivity index (χ0v) is 11.5. The highest BCUT2D eigenvalue weighted by Crippen LogP contribution is 2.21. The van der Waals surface area contributed by atoms with Crippen LogP contribution in [0.4, 0.5) is 0 Å². The second-order valence-corrected chi connectivity index (χ2v) is 4.40. The molecule has 3 heteroatoms. The quantitative estimate of drug-likeness (QED) is 0.751. The van der Waals surface area contributed by atoms with Crippen molar-refractivity contribution in [1.29, 1.82) is 0 Å². The summed E-state index contributed by atoms with van der Waals surface area (Å²) in [7, 11) is 0. The number of carbonyl (C=O) groups is 1. The molecule has 0 N–H and O–H groups in total. The van der Waals surface area contributed by atoms with Crippen LogP contribution in [0.2, 0.25) is 0 Å². The number of hydrogen-bond acceptors (Lipinski definition) is 3. The average molecular weight is 270 g/mol. The lowest BCUT2D eigenvalue weighted by molar-refractivity contribution is -0.146. The highest BCUT2D eigenvalue weighted by molar-refractivity contribution is 5.71. The Bertz CT molecular complexity index is 532. The first-order valence-electron chi connectivity index (χ1n) is 6.73. The van der Waals surface area contributed by atoms with E-state index in [2.05, 4.69) is 12.1 Å². The van der Waals surface area contributed by atoms with Crippen molar-refractivity contribution in [3.63, 3.8) is 0 Å². The predicted molar refractivity (Wildman–Crippen MR) is 78.6 cm³/mol. The molecule has 0 spiro atoms. The summed E-state index contributed by atoms with van der Waals surface area (Å²) in [4.78, 5) is 11.3. The van der Waals surface area contributed by atoms with Crippen LogP contribution >= 0.6 is 0 Å². The molecule has 0 heterocycles. The lowest BCUT2D eigenvalue weighted by Crippen LogP contribution is -2.15. The molecule has 104 valence electrons. The molecule has 0 aliphatic carbocycles. The van der Waals surface area contributed by atoms with Crippen molar-refractivity contribution in [2.24, 2.45) is 0 Å². The van der Waals surface area contributed by atoms with Crippen LogP contribution in [0.5, 0.6) is 5.75 Å². The average Bonchev–Trinajstić information content (AvgIpc) is 2.52.